The topological polar surface area (TPSA) is 44.4 Å². The first-order chi connectivity index (χ1) is 10.1. The van der Waals surface area contributed by atoms with E-state index in [-0.39, 0.29) is 11.7 Å². The summed E-state index contributed by atoms with van der Waals surface area (Å²) in [7, 11) is 0. The molecular weight excluding hydrogens is 276 g/mol. The number of urea groups is 1. The van der Waals surface area contributed by atoms with Crippen LogP contribution in [0.2, 0.25) is 0 Å². The van der Waals surface area contributed by atoms with Crippen molar-refractivity contribution in [1.82, 2.24) is 10.2 Å². The zero-order chi connectivity index (χ0) is 15.2. The Morgan fingerprint density at radius 3 is 2.90 bits per heavy atom. The highest BCUT2D eigenvalue weighted by atomic mass is 19.1. The SMILES string of the molecule is CCCN(CC1CCCN1)C(=O)Nc1ccc(F)cc1F. The van der Waals surface area contributed by atoms with Gasteiger partial charge in [-0.05, 0) is 37.9 Å². The van der Waals surface area contributed by atoms with E-state index in [4.69, 9.17) is 0 Å². The van der Waals surface area contributed by atoms with Crippen molar-refractivity contribution < 1.29 is 13.6 Å². The maximum absolute atomic E-state index is 13.6. The van der Waals surface area contributed by atoms with E-state index in [0.717, 1.165) is 37.9 Å². The Labute approximate surface area is 123 Å². The molecule has 1 fully saturated rings. The molecule has 6 heteroatoms. The molecule has 116 valence electrons. The van der Waals surface area contributed by atoms with E-state index in [1.54, 1.807) is 4.90 Å². The lowest BCUT2D eigenvalue weighted by molar-refractivity contribution is 0.206. The van der Waals surface area contributed by atoms with E-state index < -0.39 is 11.6 Å². The summed E-state index contributed by atoms with van der Waals surface area (Å²) in [6.45, 7) is 4.16. The highest BCUT2D eigenvalue weighted by Gasteiger charge is 2.21. The van der Waals surface area contributed by atoms with Crippen LogP contribution in [-0.2, 0) is 0 Å². The Morgan fingerprint density at radius 2 is 2.29 bits per heavy atom. The van der Waals surface area contributed by atoms with Gasteiger partial charge in [-0.3, -0.25) is 0 Å². The normalized spacial score (nSPS) is 17.8. The van der Waals surface area contributed by atoms with Crippen LogP contribution in [0.1, 0.15) is 26.2 Å². The van der Waals surface area contributed by atoms with Crippen LogP contribution in [0.15, 0.2) is 18.2 Å². The van der Waals surface area contributed by atoms with Gasteiger partial charge < -0.3 is 15.5 Å². The molecule has 21 heavy (non-hydrogen) atoms. The number of rotatable bonds is 5. The fourth-order valence-corrected chi connectivity index (χ4v) is 2.51. The first kappa shape index (κ1) is 15.7. The number of hydrogen-bond acceptors (Lipinski definition) is 2. The number of nitrogens with zero attached hydrogens (tertiary/aromatic N) is 1. The van der Waals surface area contributed by atoms with Gasteiger partial charge in [0.2, 0.25) is 0 Å². The minimum absolute atomic E-state index is 0.00174. The molecule has 1 aliphatic rings. The summed E-state index contributed by atoms with van der Waals surface area (Å²) in [4.78, 5) is 13.9. The summed E-state index contributed by atoms with van der Waals surface area (Å²) in [5.41, 5.74) is 0.00174. The van der Waals surface area contributed by atoms with Crippen LogP contribution in [0, 0.1) is 11.6 Å². The van der Waals surface area contributed by atoms with Gasteiger partial charge in [-0.15, -0.1) is 0 Å². The summed E-state index contributed by atoms with van der Waals surface area (Å²) >= 11 is 0. The van der Waals surface area contributed by atoms with Crippen molar-refractivity contribution >= 4 is 11.7 Å². The molecule has 1 aromatic rings. The lowest BCUT2D eigenvalue weighted by Gasteiger charge is -2.25. The molecule has 2 amide bonds. The Hall–Kier alpha value is -1.69. The molecule has 1 aromatic carbocycles. The Bertz CT molecular complexity index is 490. The van der Waals surface area contributed by atoms with Crippen LogP contribution in [-0.4, -0.2) is 36.6 Å². The molecule has 2 N–H and O–H groups in total. The highest BCUT2D eigenvalue weighted by Crippen LogP contribution is 2.16. The lowest BCUT2D eigenvalue weighted by atomic mass is 10.2. The molecule has 1 atom stereocenters. The van der Waals surface area contributed by atoms with Crippen LogP contribution >= 0.6 is 0 Å². The van der Waals surface area contributed by atoms with Crippen molar-refractivity contribution in [3.63, 3.8) is 0 Å². The molecule has 4 nitrogen and oxygen atoms in total. The number of nitrogens with one attached hydrogen (secondary N) is 2. The van der Waals surface area contributed by atoms with Crippen LogP contribution in [0.3, 0.4) is 0 Å². The number of amides is 2. The first-order valence-electron chi connectivity index (χ1n) is 7.34. The highest BCUT2D eigenvalue weighted by molar-refractivity contribution is 5.89. The number of anilines is 1. The second-order valence-electron chi connectivity index (χ2n) is 5.29. The monoisotopic (exact) mass is 297 g/mol. The van der Waals surface area contributed by atoms with Crippen molar-refractivity contribution in [2.45, 2.75) is 32.2 Å². The molecule has 0 bridgehead atoms. The predicted octanol–water partition coefficient (Wildman–Crippen LogP) is 2.96. The number of carbonyl (C=O) groups excluding carboxylic acids is 1. The van der Waals surface area contributed by atoms with Crippen molar-refractivity contribution in [3.05, 3.63) is 29.8 Å². The third-order valence-electron chi connectivity index (χ3n) is 3.56. The molecule has 0 saturated carbocycles. The van der Waals surface area contributed by atoms with Crippen molar-refractivity contribution in [1.29, 1.82) is 0 Å². The van der Waals surface area contributed by atoms with Gasteiger partial charge in [0, 0.05) is 25.2 Å². The van der Waals surface area contributed by atoms with Gasteiger partial charge in [0.25, 0.3) is 0 Å². The third-order valence-corrected chi connectivity index (χ3v) is 3.56. The van der Waals surface area contributed by atoms with Gasteiger partial charge in [-0.1, -0.05) is 6.92 Å². The molecule has 1 aliphatic heterocycles. The zero-order valence-corrected chi connectivity index (χ0v) is 12.2. The molecule has 0 radical (unpaired) electrons. The van der Waals surface area contributed by atoms with E-state index in [0.29, 0.717) is 19.1 Å². The fraction of sp³-hybridized carbons (Fsp3) is 0.533. The summed E-state index contributed by atoms with van der Waals surface area (Å²) in [6.07, 6.45) is 2.98. The standard InChI is InChI=1S/C15H21F2N3O/c1-2-8-20(10-12-4-3-7-18-12)15(21)19-14-6-5-11(16)9-13(14)17/h5-6,9,12,18H,2-4,7-8,10H2,1H3,(H,19,21). The average molecular weight is 297 g/mol. The van der Waals surface area contributed by atoms with E-state index in [1.165, 1.54) is 6.07 Å². The lowest BCUT2D eigenvalue weighted by Crippen LogP contribution is -2.43. The van der Waals surface area contributed by atoms with Crippen LogP contribution in [0.4, 0.5) is 19.3 Å². The molecule has 2 rings (SSSR count). The Kier molecular flexibility index (Phi) is 5.50. The van der Waals surface area contributed by atoms with Crippen molar-refractivity contribution in [2.24, 2.45) is 0 Å². The molecule has 1 unspecified atom stereocenters. The maximum Gasteiger partial charge on any atom is 0.321 e. The number of halogens is 2. The fourth-order valence-electron chi connectivity index (χ4n) is 2.51. The smallest absolute Gasteiger partial charge is 0.321 e. The minimum Gasteiger partial charge on any atom is -0.323 e. The van der Waals surface area contributed by atoms with Crippen molar-refractivity contribution in [2.75, 3.05) is 25.0 Å². The van der Waals surface area contributed by atoms with Gasteiger partial charge in [-0.25, -0.2) is 13.6 Å². The molecule has 0 spiro atoms. The van der Waals surface area contributed by atoms with Gasteiger partial charge in [0.15, 0.2) is 0 Å². The maximum atomic E-state index is 13.6. The molecule has 0 aromatic heterocycles. The molecule has 0 aliphatic carbocycles. The summed E-state index contributed by atoms with van der Waals surface area (Å²) < 4.78 is 26.4. The largest absolute Gasteiger partial charge is 0.323 e. The quantitative estimate of drug-likeness (QED) is 0.877. The number of carbonyl (C=O) groups is 1. The van der Waals surface area contributed by atoms with Crippen LogP contribution < -0.4 is 10.6 Å². The minimum atomic E-state index is -0.765. The summed E-state index contributed by atoms with van der Waals surface area (Å²) in [6, 6.07) is 3.07. The zero-order valence-electron chi connectivity index (χ0n) is 12.2. The van der Waals surface area contributed by atoms with E-state index in [2.05, 4.69) is 10.6 Å². The Balaban J connectivity index is 1.99. The van der Waals surface area contributed by atoms with E-state index >= 15 is 0 Å². The van der Waals surface area contributed by atoms with Gasteiger partial charge >= 0.3 is 6.03 Å². The molecule has 1 heterocycles. The second kappa shape index (κ2) is 7.36. The summed E-state index contributed by atoms with van der Waals surface area (Å²) in [5.74, 6) is -1.43. The van der Waals surface area contributed by atoms with Gasteiger partial charge in [-0.2, -0.15) is 0 Å². The average Bonchev–Trinajstić information content (AvgIpc) is 2.94. The van der Waals surface area contributed by atoms with Gasteiger partial charge in [0.1, 0.15) is 11.6 Å². The number of benzene rings is 1. The predicted molar refractivity (Wildman–Crippen MR) is 78.3 cm³/mol. The van der Waals surface area contributed by atoms with E-state index in [9.17, 15) is 13.6 Å². The van der Waals surface area contributed by atoms with Crippen LogP contribution in [0.5, 0.6) is 0 Å². The van der Waals surface area contributed by atoms with Crippen molar-refractivity contribution in [3.8, 4) is 0 Å². The molecule has 1 saturated heterocycles. The summed E-state index contributed by atoms with van der Waals surface area (Å²) in [5, 5.41) is 5.85. The second-order valence-corrected chi connectivity index (χ2v) is 5.29. The Morgan fingerprint density at radius 1 is 1.48 bits per heavy atom. The third kappa shape index (κ3) is 4.39. The van der Waals surface area contributed by atoms with E-state index in [1.807, 2.05) is 6.92 Å². The first-order valence-corrected chi connectivity index (χ1v) is 7.34. The number of hydrogen-bond donors (Lipinski definition) is 2. The van der Waals surface area contributed by atoms with Crippen LogP contribution in [0.25, 0.3) is 0 Å². The van der Waals surface area contributed by atoms with Gasteiger partial charge in [0.05, 0.1) is 5.69 Å². The molecular formula is C15H21F2N3O.